The molecule has 3 nitrogen and oxygen atoms in total. The van der Waals surface area contributed by atoms with Crippen LogP contribution >= 0.6 is 0 Å². The third-order valence-corrected chi connectivity index (χ3v) is 4.45. The van der Waals surface area contributed by atoms with Crippen molar-refractivity contribution in [3.8, 4) is 0 Å². The van der Waals surface area contributed by atoms with Crippen LogP contribution in [0.2, 0.25) is 0 Å². The van der Waals surface area contributed by atoms with Crippen LogP contribution in [0.3, 0.4) is 0 Å². The number of hydrogen-bond acceptors (Lipinski definition) is 2. The van der Waals surface area contributed by atoms with Crippen molar-refractivity contribution in [3.63, 3.8) is 0 Å². The fourth-order valence-corrected chi connectivity index (χ4v) is 3.67. The van der Waals surface area contributed by atoms with Crippen LogP contribution in [0.15, 0.2) is 24.4 Å². The average Bonchev–Trinajstić information content (AvgIpc) is 2.80. The first-order valence-electron chi connectivity index (χ1n) is 7.86. The zero-order valence-corrected chi connectivity index (χ0v) is 13.1. The number of H-pyrrole nitrogens is 1. The average molecular weight is 284 g/mol. The summed E-state index contributed by atoms with van der Waals surface area (Å²) in [6.45, 7) is 9.24. The van der Waals surface area contributed by atoms with Crippen LogP contribution in [0.5, 0.6) is 0 Å². The summed E-state index contributed by atoms with van der Waals surface area (Å²) in [5.74, 6) is 1.60. The Hall–Kier alpha value is -1.61. The molecule has 1 aliphatic rings. The second-order valence-corrected chi connectivity index (χ2v) is 6.81. The number of nitrogens with zero attached hydrogens (tertiary/aromatic N) is 1. The Morgan fingerprint density at radius 1 is 1.29 bits per heavy atom. The Morgan fingerprint density at radius 3 is 2.71 bits per heavy atom. The molecule has 21 heavy (non-hydrogen) atoms. The monoisotopic (exact) mass is 284 g/mol. The lowest BCUT2D eigenvalue weighted by Gasteiger charge is -2.34. The number of benzene rings is 1. The molecule has 0 bridgehead atoms. The highest BCUT2D eigenvalue weighted by Crippen LogP contribution is 2.23. The maximum absolute atomic E-state index is 12.7. The lowest BCUT2D eigenvalue weighted by Crippen LogP contribution is -2.41. The first-order chi connectivity index (χ1) is 10.0. The van der Waals surface area contributed by atoms with E-state index < -0.39 is 0 Å². The van der Waals surface area contributed by atoms with Gasteiger partial charge >= 0.3 is 0 Å². The van der Waals surface area contributed by atoms with Gasteiger partial charge in [-0.25, -0.2) is 0 Å². The van der Waals surface area contributed by atoms with Crippen molar-refractivity contribution in [2.75, 3.05) is 19.6 Å². The standard InChI is InChI=1S/C18H24N2O/c1-12-4-5-17-15(7-12)16(8-19-17)18(21)11-20-9-13(2)6-14(3)10-20/h4-5,7-8,13-14,19H,6,9-11H2,1-3H3. The first-order valence-corrected chi connectivity index (χ1v) is 7.86. The van der Waals surface area contributed by atoms with Gasteiger partial charge in [0.1, 0.15) is 0 Å². The van der Waals surface area contributed by atoms with Crippen LogP contribution < -0.4 is 0 Å². The van der Waals surface area contributed by atoms with Gasteiger partial charge in [-0.1, -0.05) is 25.5 Å². The summed E-state index contributed by atoms with van der Waals surface area (Å²) in [7, 11) is 0. The van der Waals surface area contributed by atoms with Crippen molar-refractivity contribution in [1.29, 1.82) is 0 Å². The van der Waals surface area contributed by atoms with E-state index in [2.05, 4.69) is 42.8 Å². The molecule has 2 unspecified atom stereocenters. The molecule has 1 aliphatic heterocycles. The highest BCUT2D eigenvalue weighted by Gasteiger charge is 2.24. The number of likely N-dealkylation sites (tertiary alicyclic amines) is 1. The highest BCUT2D eigenvalue weighted by molar-refractivity contribution is 6.08. The molecule has 112 valence electrons. The van der Waals surface area contributed by atoms with Crippen LogP contribution in [-0.2, 0) is 0 Å². The zero-order valence-electron chi connectivity index (χ0n) is 13.1. The van der Waals surface area contributed by atoms with Crippen LogP contribution in [0, 0.1) is 18.8 Å². The summed E-state index contributed by atoms with van der Waals surface area (Å²) >= 11 is 0. The predicted molar refractivity (Wildman–Crippen MR) is 86.8 cm³/mol. The number of piperidine rings is 1. The Balaban J connectivity index is 1.79. The Morgan fingerprint density at radius 2 is 2.00 bits per heavy atom. The van der Waals surface area contributed by atoms with E-state index in [0.717, 1.165) is 29.6 Å². The van der Waals surface area contributed by atoms with Crippen molar-refractivity contribution in [2.45, 2.75) is 27.2 Å². The van der Waals surface area contributed by atoms with Gasteiger partial charge in [-0.2, -0.15) is 0 Å². The van der Waals surface area contributed by atoms with Gasteiger partial charge in [-0.3, -0.25) is 9.69 Å². The minimum Gasteiger partial charge on any atom is -0.360 e. The zero-order chi connectivity index (χ0) is 15.0. The highest BCUT2D eigenvalue weighted by atomic mass is 16.1. The van der Waals surface area contributed by atoms with Crippen molar-refractivity contribution in [2.24, 2.45) is 11.8 Å². The summed E-state index contributed by atoms with van der Waals surface area (Å²) in [4.78, 5) is 18.2. The fraction of sp³-hybridized carbons (Fsp3) is 0.500. The van der Waals surface area contributed by atoms with Gasteiger partial charge in [0.15, 0.2) is 5.78 Å². The number of carbonyl (C=O) groups is 1. The molecular weight excluding hydrogens is 260 g/mol. The number of Topliss-reactive ketones (excluding diaryl/α,β-unsaturated/α-hetero) is 1. The molecule has 0 aliphatic carbocycles. The molecule has 2 heterocycles. The van der Waals surface area contributed by atoms with E-state index in [1.54, 1.807) is 0 Å². The summed E-state index contributed by atoms with van der Waals surface area (Å²) in [6.07, 6.45) is 3.14. The van der Waals surface area contributed by atoms with Gasteiger partial charge in [-0.05, 0) is 37.3 Å². The summed E-state index contributed by atoms with van der Waals surface area (Å²) in [5.41, 5.74) is 3.07. The summed E-state index contributed by atoms with van der Waals surface area (Å²) in [6, 6.07) is 6.22. The van der Waals surface area contributed by atoms with Crippen molar-refractivity contribution >= 4 is 16.7 Å². The van der Waals surface area contributed by atoms with Gasteiger partial charge in [0.05, 0.1) is 6.54 Å². The summed E-state index contributed by atoms with van der Waals surface area (Å²) in [5, 5.41) is 1.05. The molecular formula is C18H24N2O. The topological polar surface area (TPSA) is 36.1 Å². The maximum Gasteiger partial charge on any atom is 0.178 e. The molecule has 0 radical (unpaired) electrons. The largest absolute Gasteiger partial charge is 0.360 e. The lowest BCUT2D eigenvalue weighted by molar-refractivity contribution is 0.0851. The summed E-state index contributed by atoms with van der Waals surface area (Å²) < 4.78 is 0. The number of ketones is 1. The number of aromatic nitrogens is 1. The second-order valence-electron chi connectivity index (χ2n) is 6.81. The number of nitrogens with one attached hydrogen (secondary N) is 1. The molecule has 2 aromatic rings. The van der Waals surface area contributed by atoms with Crippen LogP contribution in [0.4, 0.5) is 0 Å². The minimum atomic E-state index is 0.230. The molecule has 1 saturated heterocycles. The van der Waals surface area contributed by atoms with Gasteiger partial charge in [0, 0.05) is 35.8 Å². The normalized spacial score (nSPS) is 23.6. The molecule has 0 spiro atoms. The molecule has 0 saturated carbocycles. The number of hydrogen-bond donors (Lipinski definition) is 1. The van der Waals surface area contributed by atoms with E-state index in [4.69, 9.17) is 0 Å². The van der Waals surface area contributed by atoms with E-state index in [1.807, 2.05) is 12.3 Å². The van der Waals surface area contributed by atoms with Crippen LogP contribution in [0.1, 0.15) is 36.2 Å². The Kier molecular flexibility index (Phi) is 3.85. The fourth-order valence-electron chi connectivity index (χ4n) is 3.67. The number of fused-ring (bicyclic) bond motifs is 1. The number of aromatic amines is 1. The number of carbonyl (C=O) groups excluding carboxylic acids is 1. The lowest BCUT2D eigenvalue weighted by atomic mass is 9.91. The molecule has 2 atom stereocenters. The molecule has 1 aromatic carbocycles. The van der Waals surface area contributed by atoms with E-state index >= 15 is 0 Å². The van der Waals surface area contributed by atoms with Gasteiger partial charge in [0.2, 0.25) is 0 Å². The van der Waals surface area contributed by atoms with Gasteiger partial charge in [0.25, 0.3) is 0 Å². The van der Waals surface area contributed by atoms with Gasteiger partial charge < -0.3 is 4.98 Å². The molecule has 0 amide bonds. The quantitative estimate of drug-likeness (QED) is 0.874. The Bertz CT molecular complexity index is 648. The molecule has 3 rings (SSSR count). The van der Waals surface area contributed by atoms with Crippen molar-refractivity contribution in [3.05, 3.63) is 35.5 Å². The second kappa shape index (κ2) is 5.64. The molecule has 1 N–H and O–H groups in total. The maximum atomic E-state index is 12.7. The van der Waals surface area contributed by atoms with Crippen molar-refractivity contribution in [1.82, 2.24) is 9.88 Å². The molecule has 3 heteroatoms. The van der Waals surface area contributed by atoms with Crippen LogP contribution in [0.25, 0.3) is 10.9 Å². The Labute approximate surface area is 126 Å². The smallest absolute Gasteiger partial charge is 0.178 e. The minimum absolute atomic E-state index is 0.230. The number of rotatable bonds is 3. The molecule has 1 fully saturated rings. The predicted octanol–water partition coefficient (Wildman–Crippen LogP) is 3.64. The van der Waals surface area contributed by atoms with Crippen molar-refractivity contribution < 1.29 is 4.79 Å². The molecule has 1 aromatic heterocycles. The van der Waals surface area contributed by atoms with E-state index in [1.165, 1.54) is 12.0 Å². The number of aryl methyl sites for hydroxylation is 1. The van der Waals surface area contributed by atoms with Crippen LogP contribution in [-0.4, -0.2) is 35.3 Å². The van der Waals surface area contributed by atoms with Gasteiger partial charge in [-0.15, -0.1) is 0 Å². The van der Waals surface area contributed by atoms with E-state index in [0.29, 0.717) is 18.4 Å². The third-order valence-electron chi connectivity index (χ3n) is 4.45. The van der Waals surface area contributed by atoms with E-state index in [9.17, 15) is 4.79 Å². The third kappa shape index (κ3) is 3.03. The first kappa shape index (κ1) is 14.3. The van der Waals surface area contributed by atoms with E-state index in [-0.39, 0.29) is 5.78 Å². The SMILES string of the molecule is Cc1ccc2[nH]cc(C(=O)CN3CC(C)CC(C)C3)c2c1.